The van der Waals surface area contributed by atoms with Crippen LogP contribution in [-0.2, 0) is 0 Å². The third-order valence-corrected chi connectivity index (χ3v) is 14.2. The molecule has 0 saturated heterocycles. The second-order valence-corrected chi connectivity index (χ2v) is 18.5. The maximum absolute atomic E-state index is 2.45. The molecule has 12 aromatic carbocycles. The Morgan fingerprint density at radius 1 is 0.250 bits per heavy atom. The zero-order valence-corrected chi connectivity index (χ0v) is 39.6. The Hall–Kier alpha value is -9.50. The second kappa shape index (κ2) is 18.4. The molecule has 0 aliphatic heterocycles. The highest BCUT2D eigenvalue weighted by Gasteiger charge is 2.22. The summed E-state index contributed by atoms with van der Waals surface area (Å²) in [4.78, 5) is 2.39. The van der Waals surface area contributed by atoms with Crippen LogP contribution in [-0.4, -0.2) is 4.57 Å². The number of benzene rings is 12. The van der Waals surface area contributed by atoms with E-state index in [2.05, 4.69) is 301 Å². The lowest BCUT2D eigenvalue weighted by molar-refractivity contribution is 1.18. The molecule has 0 unspecified atom stereocenters. The largest absolute Gasteiger partial charge is 0.310 e. The zero-order valence-electron chi connectivity index (χ0n) is 39.6. The van der Waals surface area contributed by atoms with E-state index in [0.29, 0.717) is 0 Å². The van der Waals surface area contributed by atoms with Gasteiger partial charge in [0.2, 0.25) is 0 Å². The lowest BCUT2D eigenvalue weighted by atomic mass is 9.94. The van der Waals surface area contributed by atoms with Crippen LogP contribution in [0.25, 0.3) is 105 Å². The molecule has 2 heteroatoms. The van der Waals surface area contributed by atoms with Gasteiger partial charge in [0.1, 0.15) is 0 Å². The molecule has 338 valence electrons. The van der Waals surface area contributed by atoms with Crippen molar-refractivity contribution in [1.82, 2.24) is 4.57 Å². The smallest absolute Gasteiger partial charge is 0.0625 e. The fraction of sp³-hybridized carbons (Fsp3) is 0. The predicted molar refractivity (Wildman–Crippen MR) is 306 cm³/mol. The lowest BCUT2D eigenvalue weighted by Gasteiger charge is -2.26. The van der Waals surface area contributed by atoms with Crippen molar-refractivity contribution in [3.8, 4) is 72.4 Å². The molecule has 0 saturated carbocycles. The summed E-state index contributed by atoms with van der Waals surface area (Å²) in [6.45, 7) is 0. The van der Waals surface area contributed by atoms with Gasteiger partial charge in [-0.3, -0.25) is 0 Å². The van der Waals surface area contributed by atoms with Gasteiger partial charge in [-0.15, -0.1) is 0 Å². The molecule has 0 aliphatic carbocycles. The molecule has 0 N–H and O–H groups in total. The first kappa shape index (κ1) is 42.6. The van der Waals surface area contributed by atoms with Gasteiger partial charge >= 0.3 is 0 Å². The van der Waals surface area contributed by atoms with Gasteiger partial charge in [0.25, 0.3) is 0 Å². The van der Waals surface area contributed by atoms with Gasteiger partial charge in [0.15, 0.2) is 0 Å². The average Bonchev–Trinajstić information content (AvgIpc) is 3.81. The van der Waals surface area contributed by atoms with E-state index < -0.39 is 0 Å². The van der Waals surface area contributed by atoms with Crippen molar-refractivity contribution in [3.63, 3.8) is 0 Å². The van der Waals surface area contributed by atoms with Crippen molar-refractivity contribution in [2.75, 3.05) is 4.90 Å². The van der Waals surface area contributed by atoms with E-state index in [1.54, 1.807) is 0 Å². The number of para-hydroxylation sites is 2. The van der Waals surface area contributed by atoms with E-state index in [4.69, 9.17) is 0 Å². The van der Waals surface area contributed by atoms with Crippen LogP contribution in [0.1, 0.15) is 0 Å². The van der Waals surface area contributed by atoms with Crippen LogP contribution in [0.5, 0.6) is 0 Å². The molecule has 0 radical (unpaired) electrons. The van der Waals surface area contributed by atoms with Crippen molar-refractivity contribution in [2.24, 2.45) is 0 Å². The number of rotatable bonds is 10. The Labute approximate surface area is 420 Å². The van der Waals surface area contributed by atoms with Gasteiger partial charge in [0, 0.05) is 39.1 Å². The van der Waals surface area contributed by atoms with E-state index in [9.17, 15) is 0 Å². The summed E-state index contributed by atoms with van der Waals surface area (Å²) in [7, 11) is 0. The van der Waals surface area contributed by atoms with Crippen LogP contribution in [0.3, 0.4) is 0 Å². The van der Waals surface area contributed by atoms with E-state index in [0.717, 1.165) is 28.3 Å². The maximum atomic E-state index is 2.45. The fourth-order valence-electron chi connectivity index (χ4n) is 10.7. The number of nitrogens with zero attached hydrogens (tertiary/aromatic N) is 2. The Morgan fingerprint density at radius 3 is 1.31 bits per heavy atom. The van der Waals surface area contributed by atoms with Crippen molar-refractivity contribution in [2.45, 2.75) is 0 Å². The van der Waals surface area contributed by atoms with Gasteiger partial charge in [0.05, 0.1) is 11.0 Å². The van der Waals surface area contributed by atoms with Gasteiger partial charge < -0.3 is 9.47 Å². The van der Waals surface area contributed by atoms with E-state index >= 15 is 0 Å². The van der Waals surface area contributed by atoms with E-state index in [1.165, 1.54) is 93.8 Å². The summed E-state index contributed by atoms with van der Waals surface area (Å²) < 4.78 is 2.45. The van der Waals surface area contributed by atoms with Crippen molar-refractivity contribution < 1.29 is 0 Å². The first-order chi connectivity index (χ1) is 35.7. The molecule has 0 spiro atoms. The molecule has 0 amide bonds. The van der Waals surface area contributed by atoms with Gasteiger partial charge in [-0.2, -0.15) is 0 Å². The number of anilines is 3. The minimum atomic E-state index is 1.08. The van der Waals surface area contributed by atoms with Crippen LogP contribution in [0.15, 0.2) is 291 Å². The molecule has 1 heterocycles. The molecule has 72 heavy (non-hydrogen) atoms. The van der Waals surface area contributed by atoms with Crippen LogP contribution >= 0.6 is 0 Å². The number of aromatic nitrogens is 1. The zero-order chi connectivity index (χ0) is 47.8. The van der Waals surface area contributed by atoms with Crippen molar-refractivity contribution in [1.29, 1.82) is 0 Å². The highest BCUT2D eigenvalue weighted by Crippen LogP contribution is 2.45. The second-order valence-electron chi connectivity index (χ2n) is 18.5. The molecular formula is C70H48N2. The Kier molecular flexibility index (Phi) is 10.9. The minimum absolute atomic E-state index is 1.08. The predicted octanol–water partition coefficient (Wildman–Crippen LogP) is 19.4. The lowest BCUT2D eigenvalue weighted by Crippen LogP contribution is -2.10. The Balaban J connectivity index is 0.920. The summed E-state index contributed by atoms with van der Waals surface area (Å²) in [5.41, 5.74) is 21.1. The summed E-state index contributed by atoms with van der Waals surface area (Å²) in [6, 6.07) is 106. The normalized spacial score (nSPS) is 11.3. The molecule has 0 fully saturated rings. The van der Waals surface area contributed by atoms with Crippen LogP contribution in [0, 0.1) is 0 Å². The highest BCUT2D eigenvalue weighted by atomic mass is 15.1. The molecule has 2 nitrogen and oxygen atoms in total. The minimum Gasteiger partial charge on any atom is -0.310 e. The SMILES string of the molecule is c1ccc(-c2ccc(-c3ccc(N(c4ccc(-c5ccc(-c6cccc7ccccc67)cc5)cc4)c4cccc(-c5ccc(-c6ccccc6)c6c5c5ccccc5n6-c5ccccc5)c4)cc3)cc2)cc1. The molecular weight excluding hydrogens is 869 g/mol. The van der Waals surface area contributed by atoms with Crippen LogP contribution in [0.2, 0.25) is 0 Å². The first-order valence-electron chi connectivity index (χ1n) is 24.7. The molecule has 1 aromatic heterocycles. The van der Waals surface area contributed by atoms with Crippen molar-refractivity contribution in [3.05, 3.63) is 291 Å². The number of fused-ring (bicyclic) bond motifs is 4. The van der Waals surface area contributed by atoms with Crippen molar-refractivity contribution >= 4 is 49.6 Å². The summed E-state index contributed by atoms with van der Waals surface area (Å²) in [5, 5.41) is 4.97. The van der Waals surface area contributed by atoms with Gasteiger partial charge in [-0.25, -0.2) is 0 Å². The Morgan fingerprint density at radius 2 is 0.681 bits per heavy atom. The van der Waals surface area contributed by atoms with Crippen LogP contribution in [0.4, 0.5) is 17.1 Å². The third kappa shape index (κ3) is 7.82. The van der Waals surface area contributed by atoms with E-state index in [1.807, 2.05) is 0 Å². The quantitative estimate of drug-likeness (QED) is 0.133. The summed E-state index contributed by atoms with van der Waals surface area (Å²) in [5.74, 6) is 0. The standard InChI is InChI=1S/C70H48N2/c1-4-16-49(17-5-1)50-30-32-51(33-31-50)53-38-42-60(43-39-53)71(61-44-40-54(41-45-61)52-34-36-57(37-35-52)64-28-15-21-55-20-10-11-26-63(55)64)62-25-14-22-58(48-62)65-46-47-66(56-18-6-2-7-19-56)70-69(65)67-27-12-13-29-68(67)72(70)59-23-8-3-9-24-59/h1-48H. The van der Waals surface area contributed by atoms with Crippen LogP contribution < -0.4 is 4.90 Å². The van der Waals surface area contributed by atoms with E-state index in [-0.39, 0.29) is 0 Å². The molecule has 13 rings (SSSR count). The maximum Gasteiger partial charge on any atom is 0.0625 e. The third-order valence-electron chi connectivity index (χ3n) is 14.2. The number of hydrogen-bond donors (Lipinski definition) is 0. The molecule has 0 aliphatic rings. The van der Waals surface area contributed by atoms with Gasteiger partial charge in [-0.1, -0.05) is 237 Å². The summed E-state index contributed by atoms with van der Waals surface area (Å²) >= 11 is 0. The molecule has 0 bridgehead atoms. The average molecular weight is 917 g/mol. The molecule has 0 atom stereocenters. The first-order valence-corrected chi connectivity index (χ1v) is 24.7. The van der Waals surface area contributed by atoms with Gasteiger partial charge in [-0.05, 0) is 127 Å². The molecule has 13 aromatic rings. The number of hydrogen-bond acceptors (Lipinski definition) is 1. The summed E-state index contributed by atoms with van der Waals surface area (Å²) in [6.07, 6.45) is 0. The monoisotopic (exact) mass is 916 g/mol. The highest BCUT2D eigenvalue weighted by molar-refractivity contribution is 6.19. The Bertz CT molecular complexity index is 4020. The fourth-order valence-corrected chi connectivity index (χ4v) is 10.7. The topological polar surface area (TPSA) is 8.17 Å².